The number of unbranched alkanes of at least 4 members (excludes halogenated alkanes) is 1. The highest BCUT2D eigenvalue weighted by molar-refractivity contribution is 4.97. The van der Waals surface area contributed by atoms with Crippen LogP contribution in [0.2, 0.25) is 0 Å². The molecule has 0 saturated heterocycles. The molecule has 1 heteroatoms. The van der Waals surface area contributed by atoms with Crippen molar-refractivity contribution in [3.05, 3.63) is 24.3 Å². The molecule has 0 unspecified atom stereocenters. The molecule has 0 amide bonds. The third kappa shape index (κ3) is 5.57. The maximum atomic E-state index is 8.50. The second-order valence-corrected chi connectivity index (χ2v) is 2.41. The zero-order chi connectivity index (χ0) is 7.82. The van der Waals surface area contributed by atoms with Gasteiger partial charge in [0.1, 0.15) is 0 Å². The Morgan fingerprint density at radius 2 is 2.30 bits per heavy atom. The minimum Gasteiger partial charge on any atom is -0.392 e. The van der Waals surface area contributed by atoms with Gasteiger partial charge in [-0.25, -0.2) is 0 Å². The van der Waals surface area contributed by atoms with Crippen LogP contribution in [0.5, 0.6) is 0 Å². The van der Waals surface area contributed by atoms with Crippen molar-refractivity contribution >= 4 is 0 Å². The van der Waals surface area contributed by atoms with Crippen molar-refractivity contribution in [1.82, 2.24) is 0 Å². The normalized spacial score (nSPS) is 11.6. The van der Waals surface area contributed by atoms with Gasteiger partial charge in [0, 0.05) is 0 Å². The van der Waals surface area contributed by atoms with Crippen molar-refractivity contribution in [3.63, 3.8) is 0 Å². The Balaban J connectivity index is 3.29. The number of allylic oxidation sites excluding steroid dienone is 2. The van der Waals surface area contributed by atoms with Gasteiger partial charge in [0.05, 0.1) is 6.61 Å². The number of hydrogen-bond acceptors (Lipinski definition) is 1. The van der Waals surface area contributed by atoms with Crippen LogP contribution in [0.4, 0.5) is 0 Å². The Bertz CT molecular complexity index is 114. The Labute approximate surface area is 63.1 Å². The first kappa shape index (κ1) is 9.44. The molecule has 0 saturated carbocycles. The van der Waals surface area contributed by atoms with Gasteiger partial charge in [-0.1, -0.05) is 17.7 Å². The van der Waals surface area contributed by atoms with Gasteiger partial charge in [-0.15, -0.1) is 6.58 Å². The molecule has 0 aliphatic heterocycles. The van der Waals surface area contributed by atoms with Crippen LogP contribution in [0.3, 0.4) is 0 Å². The van der Waals surface area contributed by atoms with Crippen LogP contribution in [0.25, 0.3) is 0 Å². The van der Waals surface area contributed by atoms with Crippen LogP contribution in [-0.2, 0) is 0 Å². The summed E-state index contributed by atoms with van der Waals surface area (Å²) in [5.41, 5.74) is 1.27. The summed E-state index contributed by atoms with van der Waals surface area (Å²) in [4.78, 5) is 0. The number of aliphatic hydroxyl groups excluding tert-OH is 1. The third-order valence-electron chi connectivity index (χ3n) is 1.42. The first-order valence-electron chi connectivity index (χ1n) is 3.68. The molecule has 58 valence electrons. The lowest BCUT2D eigenvalue weighted by Gasteiger charge is -1.96. The molecule has 0 aromatic carbocycles. The molecule has 0 heterocycles. The minimum absolute atomic E-state index is 0.167. The smallest absolute Gasteiger partial charge is 0.0614 e. The quantitative estimate of drug-likeness (QED) is 0.459. The molecule has 0 spiro atoms. The highest BCUT2D eigenvalue weighted by Gasteiger charge is 1.86. The van der Waals surface area contributed by atoms with Crippen LogP contribution >= 0.6 is 0 Å². The SMILES string of the molecule is C=CCCCC(C)=CCO. The Hall–Kier alpha value is -0.560. The molecule has 0 rings (SSSR count). The molecular formula is C9H16O. The zero-order valence-corrected chi connectivity index (χ0v) is 6.64. The second-order valence-electron chi connectivity index (χ2n) is 2.41. The van der Waals surface area contributed by atoms with E-state index in [1.54, 1.807) is 0 Å². The van der Waals surface area contributed by atoms with Crippen molar-refractivity contribution in [1.29, 1.82) is 0 Å². The first-order valence-corrected chi connectivity index (χ1v) is 3.68. The van der Waals surface area contributed by atoms with E-state index in [2.05, 4.69) is 6.58 Å². The van der Waals surface area contributed by atoms with E-state index in [1.807, 2.05) is 19.1 Å². The molecule has 0 radical (unpaired) electrons. The topological polar surface area (TPSA) is 20.2 Å². The Kier molecular flexibility index (Phi) is 6.19. The number of hydrogen-bond donors (Lipinski definition) is 1. The van der Waals surface area contributed by atoms with E-state index in [1.165, 1.54) is 5.57 Å². The minimum atomic E-state index is 0.167. The maximum absolute atomic E-state index is 8.50. The van der Waals surface area contributed by atoms with E-state index in [9.17, 15) is 0 Å². The van der Waals surface area contributed by atoms with Crippen LogP contribution in [0.1, 0.15) is 26.2 Å². The fourth-order valence-corrected chi connectivity index (χ4v) is 0.783. The largest absolute Gasteiger partial charge is 0.392 e. The summed E-state index contributed by atoms with van der Waals surface area (Å²) < 4.78 is 0. The molecule has 10 heavy (non-hydrogen) atoms. The van der Waals surface area contributed by atoms with Gasteiger partial charge < -0.3 is 5.11 Å². The molecule has 0 bridgehead atoms. The molecular weight excluding hydrogens is 124 g/mol. The van der Waals surface area contributed by atoms with Crippen LogP contribution in [0, 0.1) is 0 Å². The molecule has 0 aliphatic carbocycles. The summed E-state index contributed by atoms with van der Waals surface area (Å²) in [6, 6.07) is 0. The van der Waals surface area contributed by atoms with Gasteiger partial charge in [0.25, 0.3) is 0 Å². The maximum Gasteiger partial charge on any atom is 0.0614 e. The fourth-order valence-electron chi connectivity index (χ4n) is 0.783. The van der Waals surface area contributed by atoms with Gasteiger partial charge in [-0.05, 0) is 26.2 Å². The number of aliphatic hydroxyl groups is 1. The molecule has 0 aromatic rings. The average Bonchev–Trinajstić information content (AvgIpc) is 1.89. The monoisotopic (exact) mass is 140 g/mol. The molecule has 0 fully saturated rings. The highest BCUT2D eigenvalue weighted by Crippen LogP contribution is 2.05. The summed E-state index contributed by atoms with van der Waals surface area (Å²) in [7, 11) is 0. The average molecular weight is 140 g/mol. The summed E-state index contributed by atoms with van der Waals surface area (Å²) in [6.07, 6.45) is 7.06. The van der Waals surface area contributed by atoms with E-state index < -0.39 is 0 Å². The number of rotatable bonds is 5. The Morgan fingerprint density at radius 3 is 2.80 bits per heavy atom. The van der Waals surface area contributed by atoms with Gasteiger partial charge in [-0.2, -0.15) is 0 Å². The predicted molar refractivity (Wildman–Crippen MR) is 44.9 cm³/mol. The van der Waals surface area contributed by atoms with E-state index in [-0.39, 0.29) is 6.61 Å². The van der Waals surface area contributed by atoms with Crippen LogP contribution in [0.15, 0.2) is 24.3 Å². The van der Waals surface area contributed by atoms with E-state index >= 15 is 0 Å². The standard InChI is InChI=1S/C9H16O/c1-3-4-5-6-9(2)7-8-10/h3,7,10H,1,4-6,8H2,2H3. The molecule has 0 aromatic heterocycles. The molecule has 1 N–H and O–H groups in total. The second kappa shape index (κ2) is 6.56. The summed E-state index contributed by atoms with van der Waals surface area (Å²) in [5, 5.41) is 8.50. The summed E-state index contributed by atoms with van der Waals surface area (Å²) in [5.74, 6) is 0. The zero-order valence-electron chi connectivity index (χ0n) is 6.64. The van der Waals surface area contributed by atoms with E-state index in [0.717, 1.165) is 19.3 Å². The highest BCUT2D eigenvalue weighted by atomic mass is 16.2. The Morgan fingerprint density at radius 1 is 1.60 bits per heavy atom. The van der Waals surface area contributed by atoms with Gasteiger partial charge in [0.2, 0.25) is 0 Å². The molecule has 0 atom stereocenters. The van der Waals surface area contributed by atoms with E-state index in [0.29, 0.717) is 0 Å². The van der Waals surface area contributed by atoms with Crippen molar-refractivity contribution in [3.8, 4) is 0 Å². The first-order chi connectivity index (χ1) is 4.81. The van der Waals surface area contributed by atoms with Crippen molar-refractivity contribution in [2.75, 3.05) is 6.61 Å². The molecule has 0 aliphatic rings. The summed E-state index contributed by atoms with van der Waals surface area (Å²) in [6.45, 7) is 5.84. The lowest BCUT2D eigenvalue weighted by atomic mass is 10.1. The summed E-state index contributed by atoms with van der Waals surface area (Å²) >= 11 is 0. The molecule has 1 nitrogen and oxygen atoms in total. The van der Waals surface area contributed by atoms with Crippen LogP contribution in [-0.4, -0.2) is 11.7 Å². The third-order valence-corrected chi connectivity index (χ3v) is 1.42. The van der Waals surface area contributed by atoms with Gasteiger partial charge in [0.15, 0.2) is 0 Å². The van der Waals surface area contributed by atoms with Gasteiger partial charge in [-0.3, -0.25) is 0 Å². The van der Waals surface area contributed by atoms with Crippen molar-refractivity contribution in [2.45, 2.75) is 26.2 Å². The van der Waals surface area contributed by atoms with Crippen molar-refractivity contribution < 1.29 is 5.11 Å². The lowest BCUT2D eigenvalue weighted by Crippen LogP contribution is -1.80. The van der Waals surface area contributed by atoms with Crippen LogP contribution < -0.4 is 0 Å². The fraction of sp³-hybridized carbons (Fsp3) is 0.556. The lowest BCUT2D eigenvalue weighted by molar-refractivity contribution is 0.341. The van der Waals surface area contributed by atoms with Crippen molar-refractivity contribution in [2.24, 2.45) is 0 Å². The predicted octanol–water partition coefficient (Wildman–Crippen LogP) is 2.28. The van der Waals surface area contributed by atoms with E-state index in [4.69, 9.17) is 5.11 Å². The van der Waals surface area contributed by atoms with Gasteiger partial charge >= 0.3 is 0 Å².